The van der Waals surface area contributed by atoms with Crippen molar-refractivity contribution in [1.82, 2.24) is 0 Å². The maximum Gasteiger partial charge on any atom is 0.121 e. The molecule has 94 valence electrons. The molecule has 0 radical (unpaired) electrons. The second-order valence-electron chi connectivity index (χ2n) is 4.37. The average molecular weight is 270 g/mol. The lowest BCUT2D eigenvalue weighted by atomic mass is 10.0. The zero-order valence-corrected chi connectivity index (χ0v) is 11.6. The van der Waals surface area contributed by atoms with E-state index >= 15 is 0 Å². The third-order valence-electron chi connectivity index (χ3n) is 2.84. The third kappa shape index (κ3) is 2.92. The highest BCUT2D eigenvalue weighted by Gasteiger charge is 2.38. The molecule has 0 saturated carbocycles. The summed E-state index contributed by atoms with van der Waals surface area (Å²) in [5.41, 5.74) is 0.954. The summed E-state index contributed by atoms with van der Waals surface area (Å²) < 4.78 is -0.183. The Balaban J connectivity index is 2.35. The van der Waals surface area contributed by atoms with Gasteiger partial charge in [-0.2, -0.15) is 0 Å². The second-order valence-corrected chi connectivity index (χ2v) is 7.42. The smallest absolute Gasteiger partial charge is 0.121 e. The first-order valence-electron chi connectivity index (χ1n) is 5.88. The zero-order valence-electron chi connectivity index (χ0n) is 9.93. The minimum atomic E-state index is -0.354. The van der Waals surface area contributed by atoms with Crippen LogP contribution in [0.2, 0.25) is 0 Å². The van der Waals surface area contributed by atoms with Crippen molar-refractivity contribution in [3.8, 4) is 5.75 Å². The Hall–Kier alpha value is -0.320. The number of rotatable bonds is 3. The van der Waals surface area contributed by atoms with Crippen molar-refractivity contribution in [3.63, 3.8) is 0 Å². The molecule has 0 bridgehead atoms. The Kier molecular flexibility index (Phi) is 4.28. The van der Waals surface area contributed by atoms with E-state index in [1.165, 1.54) is 6.42 Å². The number of phenolic OH excluding ortho intramolecular Hbond substituents is 1. The van der Waals surface area contributed by atoms with Gasteiger partial charge in [0.15, 0.2) is 0 Å². The third-order valence-corrected chi connectivity index (χ3v) is 6.24. The lowest BCUT2D eigenvalue weighted by Gasteiger charge is -2.37. The van der Waals surface area contributed by atoms with Gasteiger partial charge in [0.1, 0.15) is 5.75 Å². The van der Waals surface area contributed by atoms with E-state index in [0.29, 0.717) is 12.2 Å². The van der Waals surface area contributed by atoms with Gasteiger partial charge in [-0.15, -0.1) is 23.5 Å². The van der Waals surface area contributed by atoms with Crippen LogP contribution in [-0.4, -0.2) is 27.8 Å². The molecule has 1 atom stereocenters. The maximum atomic E-state index is 10.0. The number of aliphatic hydroxyl groups excluding tert-OH is 1. The van der Waals surface area contributed by atoms with Crippen molar-refractivity contribution in [3.05, 3.63) is 29.8 Å². The van der Waals surface area contributed by atoms with Gasteiger partial charge in [0.25, 0.3) is 0 Å². The van der Waals surface area contributed by atoms with Crippen LogP contribution < -0.4 is 0 Å². The average Bonchev–Trinajstić information content (AvgIpc) is 2.29. The summed E-state index contributed by atoms with van der Waals surface area (Å²) in [6, 6.07) is 7.50. The molecular weight excluding hydrogens is 252 g/mol. The van der Waals surface area contributed by atoms with Crippen LogP contribution in [-0.2, 0) is 4.08 Å². The van der Waals surface area contributed by atoms with E-state index in [2.05, 4.69) is 0 Å². The van der Waals surface area contributed by atoms with Crippen LogP contribution in [0.25, 0.3) is 0 Å². The van der Waals surface area contributed by atoms with Gasteiger partial charge in [0.2, 0.25) is 0 Å². The van der Waals surface area contributed by atoms with Crippen LogP contribution in [0.15, 0.2) is 24.3 Å². The highest BCUT2D eigenvalue weighted by Crippen LogP contribution is 2.55. The lowest BCUT2D eigenvalue weighted by molar-refractivity contribution is 0.180. The van der Waals surface area contributed by atoms with E-state index in [0.717, 1.165) is 17.1 Å². The number of hydrogen-bond acceptors (Lipinski definition) is 4. The second kappa shape index (κ2) is 5.55. The molecule has 1 saturated heterocycles. The Morgan fingerprint density at radius 1 is 1.29 bits per heavy atom. The monoisotopic (exact) mass is 270 g/mol. The number of thioether (sulfide) groups is 2. The fourth-order valence-corrected chi connectivity index (χ4v) is 5.77. The fourth-order valence-electron chi connectivity index (χ4n) is 2.14. The maximum absolute atomic E-state index is 10.0. The highest BCUT2D eigenvalue weighted by atomic mass is 32.2. The molecule has 0 amide bonds. The Labute approximate surface area is 111 Å². The number of aliphatic hydroxyl groups is 1. The van der Waals surface area contributed by atoms with E-state index in [4.69, 9.17) is 0 Å². The molecule has 1 aromatic carbocycles. The van der Waals surface area contributed by atoms with Crippen LogP contribution >= 0.6 is 23.5 Å². The summed E-state index contributed by atoms with van der Waals surface area (Å²) in [6.45, 7) is 1.82. The molecule has 1 heterocycles. The van der Waals surface area contributed by atoms with Crippen LogP contribution in [0, 0.1) is 0 Å². The number of aromatic hydroxyl groups is 1. The van der Waals surface area contributed by atoms with Crippen molar-refractivity contribution in [2.24, 2.45) is 0 Å². The van der Waals surface area contributed by atoms with E-state index in [1.54, 1.807) is 6.07 Å². The SMILES string of the molecule is C[C@@H](O)CC1(c2ccccc2O)SCCCS1. The summed E-state index contributed by atoms with van der Waals surface area (Å²) in [7, 11) is 0. The molecule has 17 heavy (non-hydrogen) atoms. The first-order valence-corrected chi connectivity index (χ1v) is 7.86. The standard InChI is InChI=1S/C13H18O2S2/c1-10(14)9-13(16-7-4-8-17-13)11-5-2-3-6-12(11)15/h2-3,5-6,10,14-15H,4,7-9H2,1H3/t10-/m1/s1. The molecule has 2 N–H and O–H groups in total. The van der Waals surface area contributed by atoms with Gasteiger partial charge in [0.05, 0.1) is 10.2 Å². The molecule has 0 aromatic heterocycles. The Morgan fingerprint density at radius 2 is 1.94 bits per heavy atom. The van der Waals surface area contributed by atoms with Gasteiger partial charge in [-0.25, -0.2) is 0 Å². The molecule has 0 spiro atoms. The van der Waals surface area contributed by atoms with Crippen molar-refractivity contribution < 1.29 is 10.2 Å². The Morgan fingerprint density at radius 3 is 2.53 bits per heavy atom. The summed E-state index contributed by atoms with van der Waals surface area (Å²) in [6.07, 6.45) is 1.53. The molecule has 4 heteroatoms. The van der Waals surface area contributed by atoms with Gasteiger partial charge in [0, 0.05) is 12.0 Å². The summed E-state index contributed by atoms with van der Waals surface area (Å²) in [5, 5.41) is 19.7. The minimum absolute atomic E-state index is 0.183. The molecule has 1 aromatic rings. The summed E-state index contributed by atoms with van der Waals surface area (Å²) in [5.74, 6) is 2.53. The topological polar surface area (TPSA) is 40.5 Å². The van der Waals surface area contributed by atoms with Gasteiger partial charge in [-0.1, -0.05) is 18.2 Å². The fraction of sp³-hybridized carbons (Fsp3) is 0.538. The number of hydrogen-bond donors (Lipinski definition) is 2. The molecule has 0 aliphatic carbocycles. The van der Waals surface area contributed by atoms with Crippen LogP contribution in [0.4, 0.5) is 0 Å². The highest BCUT2D eigenvalue weighted by molar-refractivity contribution is 8.18. The van der Waals surface area contributed by atoms with Crippen molar-refractivity contribution in [1.29, 1.82) is 0 Å². The first kappa shape index (κ1) is 13.1. The van der Waals surface area contributed by atoms with E-state index in [-0.39, 0.29) is 10.2 Å². The molecule has 0 unspecified atom stereocenters. The Bertz CT molecular complexity index is 373. The van der Waals surface area contributed by atoms with Crippen molar-refractivity contribution in [2.45, 2.75) is 29.9 Å². The molecular formula is C13H18O2S2. The zero-order chi connectivity index (χ0) is 12.3. The molecule has 1 aliphatic heterocycles. The summed E-state index contributed by atoms with van der Waals surface area (Å²) >= 11 is 3.70. The van der Waals surface area contributed by atoms with Gasteiger partial charge >= 0.3 is 0 Å². The first-order chi connectivity index (χ1) is 8.14. The lowest BCUT2D eigenvalue weighted by Crippen LogP contribution is -2.27. The van der Waals surface area contributed by atoms with Crippen molar-refractivity contribution in [2.75, 3.05) is 11.5 Å². The van der Waals surface area contributed by atoms with Gasteiger partial charge in [-0.3, -0.25) is 0 Å². The molecule has 1 aliphatic rings. The van der Waals surface area contributed by atoms with Crippen LogP contribution in [0.1, 0.15) is 25.3 Å². The molecule has 2 rings (SSSR count). The number of para-hydroxylation sites is 1. The van der Waals surface area contributed by atoms with Crippen molar-refractivity contribution >= 4 is 23.5 Å². The predicted octanol–water partition coefficient (Wildman–Crippen LogP) is 3.19. The van der Waals surface area contributed by atoms with E-state index in [1.807, 2.05) is 48.6 Å². The molecule has 2 nitrogen and oxygen atoms in total. The van der Waals surface area contributed by atoms with Crippen LogP contribution in [0.5, 0.6) is 5.75 Å². The normalized spacial score (nSPS) is 21.1. The minimum Gasteiger partial charge on any atom is -0.508 e. The predicted molar refractivity (Wildman–Crippen MR) is 75.6 cm³/mol. The largest absolute Gasteiger partial charge is 0.508 e. The van der Waals surface area contributed by atoms with Gasteiger partial charge < -0.3 is 10.2 Å². The van der Waals surface area contributed by atoms with E-state index < -0.39 is 0 Å². The number of phenols is 1. The van der Waals surface area contributed by atoms with E-state index in [9.17, 15) is 10.2 Å². The molecule has 1 fully saturated rings. The summed E-state index contributed by atoms with van der Waals surface area (Å²) in [4.78, 5) is 0. The quantitative estimate of drug-likeness (QED) is 0.885. The van der Waals surface area contributed by atoms with Crippen LogP contribution in [0.3, 0.4) is 0 Å². The number of benzene rings is 1. The van der Waals surface area contributed by atoms with Gasteiger partial charge in [-0.05, 0) is 30.9 Å².